The molecule has 76 valence electrons. The molecule has 0 aliphatic heterocycles. The first-order valence-electron chi connectivity index (χ1n) is 4.39. The number of hydrogen-bond donors (Lipinski definition) is 1. The molecule has 0 radical (unpaired) electrons. The number of nitrogen functional groups attached to an aromatic ring is 1. The normalized spacial score (nSPS) is 10.2. The Labute approximate surface area is 92.0 Å². The average molecular weight is 218 g/mol. The monoisotopic (exact) mass is 218 g/mol. The Morgan fingerprint density at radius 2 is 2.13 bits per heavy atom. The predicted octanol–water partition coefficient (Wildman–Crippen LogP) is 1.84. The van der Waals surface area contributed by atoms with Crippen molar-refractivity contribution in [3.8, 4) is 11.3 Å². The maximum absolute atomic E-state index is 5.82. The summed E-state index contributed by atoms with van der Waals surface area (Å²) in [6, 6.07) is 5.65. The van der Waals surface area contributed by atoms with E-state index < -0.39 is 0 Å². The zero-order valence-electron chi connectivity index (χ0n) is 8.21. The van der Waals surface area contributed by atoms with Crippen LogP contribution in [0.5, 0.6) is 0 Å². The molecular weight excluding hydrogens is 208 g/mol. The van der Waals surface area contributed by atoms with E-state index >= 15 is 0 Å². The number of hydrogen-bond acceptors (Lipinski definition) is 5. The minimum Gasteiger partial charge on any atom is -0.383 e. The maximum Gasteiger partial charge on any atom is 0.189 e. The van der Waals surface area contributed by atoms with Crippen LogP contribution < -0.4 is 5.73 Å². The van der Waals surface area contributed by atoms with Crippen LogP contribution in [0.25, 0.3) is 11.3 Å². The number of thioether (sulfide) groups is 1. The standard InChI is InChI=1S/C10H10N4S/c1-15-10-13-6-7(9(11)14-10)8-4-2-3-5-12-8/h2-6H,1H3,(H2,11,13,14). The summed E-state index contributed by atoms with van der Waals surface area (Å²) in [6.45, 7) is 0. The second kappa shape index (κ2) is 4.27. The van der Waals surface area contributed by atoms with Crippen LogP contribution in [0.15, 0.2) is 35.7 Å². The van der Waals surface area contributed by atoms with Crippen molar-refractivity contribution in [3.63, 3.8) is 0 Å². The molecule has 2 aromatic rings. The third-order valence-corrected chi connectivity index (χ3v) is 2.48. The molecule has 15 heavy (non-hydrogen) atoms. The van der Waals surface area contributed by atoms with E-state index in [1.165, 1.54) is 11.8 Å². The van der Waals surface area contributed by atoms with Crippen LogP contribution in [-0.2, 0) is 0 Å². The quantitative estimate of drug-likeness (QED) is 0.615. The lowest BCUT2D eigenvalue weighted by atomic mass is 10.2. The minimum absolute atomic E-state index is 0.466. The summed E-state index contributed by atoms with van der Waals surface area (Å²) in [7, 11) is 0. The van der Waals surface area contributed by atoms with Gasteiger partial charge in [-0.2, -0.15) is 0 Å². The first-order valence-corrected chi connectivity index (χ1v) is 5.61. The van der Waals surface area contributed by atoms with E-state index in [0.29, 0.717) is 11.0 Å². The second-order valence-corrected chi connectivity index (χ2v) is 3.64. The summed E-state index contributed by atoms with van der Waals surface area (Å²) >= 11 is 1.46. The van der Waals surface area contributed by atoms with Crippen molar-refractivity contribution in [3.05, 3.63) is 30.6 Å². The molecule has 0 spiro atoms. The highest BCUT2D eigenvalue weighted by Crippen LogP contribution is 2.22. The fourth-order valence-electron chi connectivity index (χ4n) is 1.20. The van der Waals surface area contributed by atoms with E-state index in [1.54, 1.807) is 12.4 Å². The Morgan fingerprint density at radius 1 is 1.27 bits per heavy atom. The van der Waals surface area contributed by atoms with Crippen molar-refractivity contribution in [1.29, 1.82) is 0 Å². The minimum atomic E-state index is 0.466. The molecule has 0 aliphatic rings. The Hall–Kier alpha value is -1.62. The lowest BCUT2D eigenvalue weighted by molar-refractivity contribution is 0.979. The van der Waals surface area contributed by atoms with Crippen LogP contribution in [0.2, 0.25) is 0 Å². The van der Waals surface area contributed by atoms with Gasteiger partial charge in [0, 0.05) is 12.4 Å². The lowest BCUT2D eigenvalue weighted by Crippen LogP contribution is -1.98. The van der Waals surface area contributed by atoms with Gasteiger partial charge in [-0.05, 0) is 18.4 Å². The van der Waals surface area contributed by atoms with Gasteiger partial charge in [-0.1, -0.05) is 17.8 Å². The van der Waals surface area contributed by atoms with Crippen molar-refractivity contribution in [2.75, 3.05) is 12.0 Å². The second-order valence-electron chi connectivity index (χ2n) is 2.87. The van der Waals surface area contributed by atoms with Crippen molar-refractivity contribution in [2.45, 2.75) is 5.16 Å². The molecule has 0 aliphatic carbocycles. The van der Waals surface area contributed by atoms with Crippen LogP contribution in [0.1, 0.15) is 0 Å². The summed E-state index contributed by atoms with van der Waals surface area (Å²) in [5.41, 5.74) is 7.39. The summed E-state index contributed by atoms with van der Waals surface area (Å²) in [5.74, 6) is 0.466. The van der Waals surface area contributed by atoms with E-state index in [9.17, 15) is 0 Å². The van der Waals surface area contributed by atoms with Crippen LogP contribution in [-0.4, -0.2) is 21.2 Å². The van der Waals surface area contributed by atoms with E-state index in [-0.39, 0.29) is 0 Å². The fraction of sp³-hybridized carbons (Fsp3) is 0.100. The number of aromatic nitrogens is 3. The van der Waals surface area contributed by atoms with Gasteiger partial charge in [-0.3, -0.25) is 4.98 Å². The van der Waals surface area contributed by atoms with Crippen LogP contribution in [0, 0.1) is 0 Å². The summed E-state index contributed by atoms with van der Waals surface area (Å²) in [5, 5.41) is 0.673. The molecule has 0 fully saturated rings. The highest BCUT2D eigenvalue weighted by Gasteiger charge is 2.06. The third kappa shape index (κ3) is 2.07. The number of nitrogens with two attached hydrogens (primary N) is 1. The number of nitrogens with zero attached hydrogens (tertiary/aromatic N) is 3. The molecule has 0 unspecified atom stereocenters. The molecule has 0 saturated heterocycles. The molecule has 0 atom stereocenters. The average Bonchev–Trinajstić information content (AvgIpc) is 2.30. The molecule has 5 heteroatoms. The molecular formula is C10H10N4S. The van der Waals surface area contributed by atoms with Gasteiger partial charge in [0.2, 0.25) is 0 Å². The lowest BCUT2D eigenvalue weighted by Gasteiger charge is -2.04. The predicted molar refractivity (Wildman–Crippen MR) is 61.5 cm³/mol. The summed E-state index contributed by atoms with van der Waals surface area (Å²) in [6.07, 6.45) is 5.34. The van der Waals surface area contributed by atoms with Crippen LogP contribution >= 0.6 is 11.8 Å². The zero-order valence-corrected chi connectivity index (χ0v) is 9.03. The van der Waals surface area contributed by atoms with Gasteiger partial charge in [-0.25, -0.2) is 9.97 Å². The molecule has 2 rings (SSSR count). The van der Waals surface area contributed by atoms with E-state index in [4.69, 9.17) is 5.73 Å². The molecule has 2 aromatic heterocycles. The van der Waals surface area contributed by atoms with Crippen molar-refractivity contribution >= 4 is 17.6 Å². The van der Waals surface area contributed by atoms with Gasteiger partial charge in [-0.15, -0.1) is 0 Å². The first-order chi connectivity index (χ1) is 7.31. The highest BCUT2D eigenvalue weighted by molar-refractivity contribution is 7.98. The van der Waals surface area contributed by atoms with Gasteiger partial charge in [0.15, 0.2) is 5.16 Å². The van der Waals surface area contributed by atoms with Crippen LogP contribution in [0.4, 0.5) is 5.82 Å². The molecule has 2 heterocycles. The Balaban J connectivity index is 2.46. The number of pyridine rings is 1. The molecule has 4 nitrogen and oxygen atoms in total. The Morgan fingerprint density at radius 3 is 2.73 bits per heavy atom. The summed E-state index contributed by atoms with van der Waals surface area (Å²) in [4.78, 5) is 12.5. The van der Waals surface area contributed by atoms with Crippen molar-refractivity contribution < 1.29 is 0 Å². The van der Waals surface area contributed by atoms with E-state index in [1.807, 2.05) is 24.5 Å². The largest absolute Gasteiger partial charge is 0.383 e. The third-order valence-electron chi connectivity index (χ3n) is 1.92. The number of anilines is 1. The zero-order chi connectivity index (χ0) is 10.7. The van der Waals surface area contributed by atoms with Crippen molar-refractivity contribution in [1.82, 2.24) is 15.0 Å². The van der Waals surface area contributed by atoms with E-state index in [2.05, 4.69) is 15.0 Å². The van der Waals surface area contributed by atoms with Gasteiger partial charge >= 0.3 is 0 Å². The van der Waals surface area contributed by atoms with Crippen LogP contribution in [0.3, 0.4) is 0 Å². The SMILES string of the molecule is CSc1ncc(-c2ccccn2)c(N)n1. The molecule has 0 aromatic carbocycles. The fourth-order valence-corrected chi connectivity index (χ4v) is 1.54. The summed E-state index contributed by atoms with van der Waals surface area (Å²) < 4.78 is 0. The molecule has 2 N–H and O–H groups in total. The maximum atomic E-state index is 5.82. The van der Waals surface area contributed by atoms with Gasteiger partial charge < -0.3 is 5.73 Å². The van der Waals surface area contributed by atoms with Gasteiger partial charge in [0.05, 0.1) is 11.3 Å². The smallest absolute Gasteiger partial charge is 0.189 e. The molecule has 0 amide bonds. The Kier molecular flexibility index (Phi) is 2.82. The molecule has 0 bridgehead atoms. The van der Waals surface area contributed by atoms with Gasteiger partial charge in [0.25, 0.3) is 0 Å². The highest BCUT2D eigenvalue weighted by atomic mass is 32.2. The van der Waals surface area contributed by atoms with Crippen molar-refractivity contribution in [2.24, 2.45) is 0 Å². The Bertz CT molecular complexity index is 458. The number of rotatable bonds is 2. The first kappa shape index (κ1) is 9.92. The molecule has 0 saturated carbocycles. The topological polar surface area (TPSA) is 64.7 Å². The van der Waals surface area contributed by atoms with Gasteiger partial charge in [0.1, 0.15) is 5.82 Å². The van der Waals surface area contributed by atoms with E-state index in [0.717, 1.165) is 11.3 Å².